The predicted octanol–water partition coefficient (Wildman–Crippen LogP) is 4.84. The monoisotopic (exact) mass is 488 g/mol. The van der Waals surface area contributed by atoms with Crippen LogP contribution in [0.15, 0.2) is 30.3 Å². The molecule has 0 atom stereocenters. The summed E-state index contributed by atoms with van der Waals surface area (Å²) in [7, 11) is 0. The highest BCUT2D eigenvalue weighted by atomic mass is 19.4. The summed E-state index contributed by atoms with van der Waals surface area (Å²) >= 11 is 0. The van der Waals surface area contributed by atoms with Crippen LogP contribution in [0.1, 0.15) is 40.9 Å². The molecule has 3 heterocycles. The van der Waals surface area contributed by atoms with E-state index in [1.54, 1.807) is 0 Å². The fraction of sp³-hybridized carbons (Fsp3) is 0.455. The standard InChI is InChI=1S/C22H22F6N4O2/c23-21(24,25)16-8-14(9-17(10-16)22(26,27)28)13-34-20(33)31-6-1-7-32-18(12-31)11-19(30-32)15-2-4-29-5-3-15/h2,8-11,29H,1,3-7,12-13H2. The van der Waals surface area contributed by atoms with E-state index in [0.29, 0.717) is 31.6 Å². The summed E-state index contributed by atoms with van der Waals surface area (Å²) in [5, 5.41) is 7.84. The number of aromatic nitrogens is 2. The number of hydrogen-bond acceptors (Lipinski definition) is 4. The molecule has 0 unspecified atom stereocenters. The van der Waals surface area contributed by atoms with Gasteiger partial charge in [0.05, 0.1) is 29.1 Å². The van der Waals surface area contributed by atoms with Crippen molar-refractivity contribution in [3.05, 3.63) is 58.4 Å². The molecule has 0 aliphatic carbocycles. The Hall–Kier alpha value is -3.02. The van der Waals surface area contributed by atoms with E-state index < -0.39 is 41.7 Å². The number of nitrogens with one attached hydrogen (secondary N) is 1. The van der Waals surface area contributed by atoms with Gasteiger partial charge in [0.1, 0.15) is 6.61 Å². The number of amides is 1. The fourth-order valence-electron chi connectivity index (χ4n) is 3.97. The normalized spacial score (nSPS) is 17.1. The van der Waals surface area contributed by atoms with Crippen LogP contribution in [0, 0.1) is 0 Å². The predicted molar refractivity (Wildman–Crippen MR) is 109 cm³/mol. The maximum absolute atomic E-state index is 13.0. The molecule has 0 radical (unpaired) electrons. The number of carbonyl (C=O) groups excluding carboxylic acids is 1. The molecule has 1 aromatic heterocycles. The van der Waals surface area contributed by atoms with Crippen LogP contribution in [0.4, 0.5) is 31.1 Å². The third-order valence-corrected chi connectivity index (χ3v) is 5.67. The van der Waals surface area contributed by atoms with Gasteiger partial charge in [-0.2, -0.15) is 31.4 Å². The molecule has 0 saturated heterocycles. The molecule has 34 heavy (non-hydrogen) atoms. The van der Waals surface area contributed by atoms with Crippen molar-refractivity contribution >= 4 is 11.7 Å². The lowest BCUT2D eigenvalue weighted by Gasteiger charge is -2.20. The van der Waals surface area contributed by atoms with Gasteiger partial charge < -0.3 is 15.0 Å². The van der Waals surface area contributed by atoms with E-state index in [-0.39, 0.29) is 12.6 Å². The molecule has 2 aliphatic rings. The molecule has 0 fully saturated rings. The first-order valence-electron chi connectivity index (χ1n) is 10.7. The Morgan fingerprint density at radius 3 is 2.35 bits per heavy atom. The second kappa shape index (κ2) is 9.32. The van der Waals surface area contributed by atoms with Gasteiger partial charge in [-0.25, -0.2) is 4.79 Å². The summed E-state index contributed by atoms with van der Waals surface area (Å²) in [5.41, 5.74) is -0.578. The molecule has 1 aromatic carbocycles. The zero-order valence-electron chi connectivity index (χ0n) is 18.0. The maximum atomic E-state index is 13.0. The second-order valence-corrected chi connectivity index (χ2v) is 8.17. The van der Waals surface area contributed by atoms with Gasteiger partial charge in [0.2, 0.25) is 0 Å². The number of carbonyl (C=O) groups is 1. The van der Waals surface area contributed by atoms with Crippen molar-refractivity contribution in [2.45, 2.75) is 44.9 Å². The molecule has 2 aromatic rings. The smallest absolute Gasteiger partial charge is 0.416 e. The number of rotatable bonds is 3. The third-order valence-electron chi connectivity index (χ3n) is 5.67. The van der Waals surface area contributed by atoms with Crippen molar-refractivity contribution in [1.82, 2.24) is 20.0 Å². The maximum Gasteiger partial charge on any atom is 0.416 e. The van der Waals surface area contributed by atoms with Crippen molar-refractivity contribution in [3.63, 3.8) is 0 Å². The van der Waals surface area contributed by atoms with Gasteiger partial charge >= 0.3 is 18.4 Å². The van der Waals surface area contributed by atoms with Crippen molar-refractivity contribution in [3.8, 4) is 0 Å². The van der Waals surface area contributed by atoms with Gasteiger partial charge in [0, 0.05) is 19.6 Å². The third kappa shape index (κ3) is 5.54. The van der Waals surface area contributed by atoms with E-state index in [4.69, 9.17) is 4.74 Å². The van der Waals surface area contributed by atoms with Crippen molar-refractivity contribution in [1.29, 1.82) is 0 Å². The van der Waals surface area contributed by atoms with E-state index in [1.165, 1.54) is 4.90 Å². The summed E-state index contributed by atoms with van der Waals surface area (Å²) in [6, 6.07) is 3.04. The quantitative estimate of drug-likeness (QED) is 0.629. The topological polar surface area (TPSA) is 59.4 Å². The molecule has 0 bridgehead atoms. The van der Waals surface area contributed by atoms with E-state index in [0.717, 1.165) is 36.5 Å². The number of benzene rings is 1. The lowest BCUT2D eigenvalue weighted by molar-refractivity contribution is -0.143. The number of halogens is 6. The Morgan fingerprint density at radius 1 is 1.03 bits per heavy atom. The van der Waals surface area contributed by atoms with E-state index in [9.17, 15) is 31.1 Å². The van der Waals surface area contributed by atoms with E-state index >= 15 is 0 Å². The number of fused-ring (bicyclic) bond motifs is 1. The average Bonchev–Trinajstić information content (AvgIpc) is 3.08. The van der Waals surface area contributed by atoms with Gasteiger partial charge in [-0.3, -0.25) is 4.68 Å². The molecule has 1 amide bonds. The number of alkyl halides is 6. The lowest BCUT2D eigenvalue weighted by Crippen LogP contribution is -2.31. The van der Waals surface area contributed by atoms with Gasteiger partial charge in [0.15, 0.2) is 0 Å². The van der Waals surface area contributed by atoms with Crippen LogP contribution in [-0.4, -0.2) is 40.4 Å². The van der Waals surface area contributed by atoms with Crippen LogP contribution in [0.3, 0.4) is 0 Å². The largest absolute Gasteiger partial charge is 0.445 e. The van der Waals surface area contributed by atoms with Crippen molar-refractivity contribution < 1.29 is 35.9 Å². The van der Waals surface area contributed by atoms with Gasteiger partial charge in [-0.1, -0.05) is 6.08 Å². The Kier molecular flexibility index (Phi) is 6.61. The van der Waals surface area contributed by atoms with Crippen molar-refractivity contribution in [2.75, 3.05) is 19.6 Å². The van der Waals surface area contributed by atoms with Gasteiger partial charge in [-0.15, -0.1) is 0 Å². The molecule has 6 nitrogen and oxygen atoms in total. The van der Waals surface area contributed by atoms with Crippen LogP contribution in [0.2, 0.25) is 0 Å². The van der Waals surface area contributed by atoms with Crippen LogP contribution < -0.4 is 5.32 Å². The zero-order chi connectivity index (χ0) is 24.5. The summed E-state index contributed by atoms with van der Waals surface area (Å²) in [4.78, 5) is 14.0. The summed E-state index contributed by atoms with van der Waals surface area (Å²) < 4.78 is 85.2. The molecule has 184 valence electrons. The number of hydrogen-bond donors (Lipinski definition) is 1. The molecule has 1 N–H and O–H groups in total. The summed E-state index contributed by atoms with van der Waals surface area (Å²) in [6.07, 6.45) is -7.29. The van der Waals surface area contributed by atoms with Crippen LogP contribution in [-0.2, 0) is 36.8 Å². The number of nitrogens with zero attached hydrogens (tertiary/aromatic N) is 3. The van der Waals surface area contributed by atoms with Crippen molar-refractivity contribution in [2.24, 2.45) is 0 Å². The molecule has 0 saturated carbocycles. The average molecular weight is 488 g/mol. The number of ether oxygens (including phenoxy) is 1. The van der Waals surface area contributed by atoms with E-state index in [2.05, 4.69) is 16.5 Å². The number of aryl methyl sites for hydroxylation is 1. The molecular weight excluding hydrogens is 466 g/mol. The van der Waals surface area contributed by atoms with Crippen LogP contribution in [0.25, 0.3) is 5.57 Å². The Bertz CT molecular complexity index is 1060. The second-order valence-electron chi connectivity index (χ2n) is 8.17. The van der Waals surface area contributed by atoms with E-state index in [1.807, 2.05) is 10.7 Å². The summed E-state index contributed by atoms with van der Waals surface area (Å²) in [6.45, 7) is 1.95. The Labute approximate surface area is 191 Å². The van der Waals surface area contributed by atoms with Crippen LogP contribution in [0.5, 0.6) is 0 Å². The molecule has 0 spiro atoms. The Morgan fingerprint density at radius 2 is 1.74 bits per heavy atom. The first-order valence-corrected chi connectivity index (χ1v) is 10.7. The van der Waals surface area contributed by atoms with Gasteiger partial charge in [0.25, 0.3) is 0 Å². The van der Waals surface area contributed by atoms with Crippen LogP contribution >= 0.6 is 0 Å². The van der Waals surface area contributed by atoms with Gasteiger partial charge in [-0.05, 0) is 54.8 Å². The minimum absolute atomic E-state index is 0.0384. The molecule has 4 rings (SSSR count). The minimum atomic E-state index is -4.97. The minimum Gasteiger partial charge on any atom is -0.445 e. The fourth-order valence-corrected chi connectivity index (χ4v) is 3.97. The molecule has 12 heteroatoms. The highest BCUT2D eigenvalue weighted by Gasteiger charge is 2.37. The zero-order valence-corrected chi connectivity index (χ0v) is 18.0. The SMILES string of the molecule is O=C(OCc1cc(C(F)(F)F)cc(C(F)(F)F)c1)N1CCCn2nc(C3=CCNCC3)cc2C1. The lowest BCUT2D eigenvalue weighted by atomic mass is 10.1. The Balaban J connectivity index is 1.46. The highest BCUT2D eigenvalue weighted by Crippen LogP contribution is 2.36. The highest BCUT2D eigenvalue weighted by molar-refractivity contribution is 5.68. The summed E-state index contributed by atoms with van der Waals surface area (Å²) in [5.74, 6) is 0. The first kappa shape index (κ1) is 24.1. The molecular formula is C22H22F6N4O2. The molecule has 2 aliphatic heterocycles. The first-order chi connectivity index (χ1) is 16.0.